The van der Waals surface area contributed by atoms with Crippen LogP contribution in [-0.2, 0) is 24.2 Å². The van der Waals surface area contributed by atoms with Gasteiger partial charge in [-0.3, -0.25) is 4.79 Å². The normalized spacial score (nSPS) is 16.2. The van der Waals surface area contributed by atoms with Crippen LogP contribution in [0.5, 0.6) is 0 Å². The molecule has 1 aromatic rings. The summed E-state index contributed by atoms with van der Waals surface area (Å²) in [7, 11) is 0. The zero-order chi connectivity index (χ0) is 21.1. The molecule has 2 rings (SSSR count). The van der Waals surface area contributed by atoms with E-state index in [9.17, 15) is 4.79 Å². The molecule has 1 amide bonds. The van der Waals surface area contributed by atoms with Crippen LogP contribution < -0.4 is 16.4 Å². The standard InChI is InChI=1S/C21H38N6O2/c1-4-18-17(19(5-2)29-26-18)15-25-21(23-6-3)24-11-7-8-12-27-13-9-16(10-14-27)20(22)28/h16H,4-15H2,1-3H3,(H2,22,28)(H2,23,24,25). The van der Waals surface area contributed by atoms with Crippen LogP contribution in [0.25, 0.3) is 0 Å². The van der Waals surface area contributed by atoms with E-state index in [0.717, 1.165) is 94.2 Å². The molecular weight excluding hydrogens is 368 g/mol. The molecule has 0 radical (unpaired) electrons. The number of aromatic nitrogens is 1. The van der Waals surface area contributed by atoms with Gasteiger partial charge in [0.25, 0.3) is 0 Å². The van der Waals surface area contributed by atoms with Gasteiger partial charge in [0.05, 0.1) is 12.2 Å². The first kappa shape index (κ1) is 23.2. The Balaban J connectivity index is 1.72. The largest absolute Gasteiger partial charge is 0.369 e. The van der Waals surface area contributed by atoms with Gasteiger partial charge >= 0.3 is 0 Å². The second kappa shape index (κ2) is 12.5. The summed E-state index contributed by atoms with van der Waals surface area (Å²) < 4.78 is 5.43. The van der Waals surface area contributed by atoms with Gasteiger partial charge in [0, 0.05) is 31.0 Å². The summed E-state index contributed by atoms with van der Waals surface area (Å²) in [4.78, 5) is 18.4. The minimum atomic E-state index is -0.146. The van der Waals surface area contributed by atoms with Gasteiger partial charge < -0.3 is 25.8 Å². The highest BCUT2D eigenvalue weighted by atomic mass is 16.5. The third-order valence-corrected chi connectivity index (χ3v) is 5.53. The lowest BCUT2D eigenvalue weighted by Crippen LogP contribution is -2.39. The van der Waals surface area contributed by atoms with Crippen LogP contribution in [0.1, 0.15) is 63.5 Å². The van der Waals surface area contributed by atoms with Crippen LogP contribution in [0.4, 0.5) is 0 Å². The second-order valence-electron chi connectivity index (χ2n) is 7.59. The molecule has 1 aromatic heterocycles. The highest BCUT2D eigenvalue weighted by Crippen LogP contribution is 2.17. The number of carbonyl (C=O) groups is 1. The number of hydrogen-bond donors (Lipinski definition) is 3. The zero-order valence-corrected chi connectivity index (χ0v) is 18.3. The topological polar surface area (TPSA) is 109 Å². The molecule has 1 aliphatic rings. The third kappa shape index (κ3) is 7.34. The lowest BCUT2D eigenvalue weighted by molar-refractivity contribution is -0.123. The third-order valence-electron chi connectivity index (χ3n) is 5.53. The van der Waals surface area contributed by atoms with Gasteiger partial charge in [0.2, 0.25) is 5.91 Å². The minimum Gasteiger partial charge on any atom is -0.369 e. The molecule has 0 bridgehead atoms. The molecule has 8 heteroatoms. The predicted molar refractivity (Wildman–Crippen MR) is 116 cm³/mol. The first-order chi connectivity index (χ1) is 14.1. The van der Waals surface area contributed by atoms with Gasteiger partial charge in [-0.2, -0.15) is 0 Å². The van der Waals surface area contributed by atoms with E-state index in [1.165, 1.54) is 0 Å². The molecule has 4 N–H and O–H groups in total. The molecule has 1 fully saturated rings. The van der Waals surface area contributed by atoms with E-state index >= 15 is 0 Å². The SMILES string of the molecule is CCNC(=NCc1c(CC)noc1CC)NCCCCN1CCC(C(N)=O)CC1. The smallest absolute Gasteiger partial charge is 0.220 e. The molecule has 1 saturated heterocycles. The van der Waals surface area contributed by atoms with Gasteiger partial charge in [-0.15, -0.1) is 0 Å². The Morgan fingerprint density at radius 2 is 1.97 bits per heavy atom. The number of nitrogens with zero attached hydrogens (tertiary/aromatic N) is 3. The number of amides is 1. The summed E-state index contributed by atoms with van der Waals surface area (Å²) in [5.41, 5.74) is 7.52. The first-order valence-corrected chi connectivity index (χ1v) is 11.1. The van der Waals surface area contributed by atoms with Crippen LogP contribution in [0.3, 0.4) is 0 Å². The molecular formula is C21H38N6O2. The number of aliphatic imine (C=N–C) groups is 1. The van der Waals surface area contributed by atoms with Gasteiger partial charge in [-0.1, -0.05) is 19.0 Å². The number of primary amides is 1. The van der Waals surface area contributed by atoms with Crippen LogP contribution >= 0.6 is 0 Å². The van der Waals surface area contributed by atoms with Gasteiger partial charge in [-0.25, -0.2) is 4.99 Å². The van der Waals surface area contributed by atoms with Crippen molar-refractivity contribution >= 4 is 11.9 Å². The van der Waals surface area contributed by atoms with Crippen molar-refractivity contribution in [3.8, 4) is 0 Å². The van der Waals surface area contributed by atoms with Crippen LogP contribution in [0, 0.1) is 5.92 Å². The van der Waals surface area contributed by atoms with E-state index < -0.39 is 0 Å². The Kier molecular flexibility index (Phi) is 9.97. The number of hydrogen-bond acceptors (Lipinski definition) is 5. The molecule has 29 heavy (non-hydrogen) atoms. The van der Waals surface area contributed by atoms with Crippen LogP contribution in [0.2, 0.25) is 0 Å². The molecule has 0 atom stereocenters. The molecule has 0 saturated carbocycles. The minimum absolute atomic E-state index is 0.0682. The van der Waals surface area contributed by atoms with Crippen molar-refractivity contribution in [2.24, 2.45) is 16.6 Å². The first-order valence-electron chi connectivity index (χ1n) is 11.1. The van der Waals surface area contributed by atoms with E-state index in [2.05, 4.69) is 41.5 Å². The summed E-state index contributed by atoms with van der Waals surface area (Å²) in [6, 6.07) is 0. The number of likely N-dealkylation sites (tertiary alicyclic amines) is 1. The van der Waals surface area contributed by atoms with Crippen LogP contribution in [-0.4, -0.2) is 54.6 Å². The zero-order valence-electron chi connectivity index (χ0n) is 18.3. The Morgan fingerprint density at radius 1 is 1.21 bits per heavy atom. The molecule has 8 nitrogen and oxygen atoms in total. The second-order valence-corrected chi connectivity index (χ2v) is 7.59. The molecule has 0 unspecified atom stereocenters. The molecule has 0 aliphatic carbocycles. The van der Waals surface area contributed by atoms with E-state index in [1.54, 1.807) is 0 Å². The fourth-order valence-electron chi connectivity index (χ4n) is 3.72. The fourth-order valence-corrected chi connectivity index (χ4v) is 3.72. The van der Waals surface area contributed by atoms with Gasteiger partial charge in [-0.05, 0) is 58.7 Å². The van der Waals surface area contributed by atoms with Crippen molar-refractivity contribution < 1.29 is 9.32 Å². The average molecular weight is 407 g/mol. The Morgan fingerprint density at radius 3 is 2.59 bits per heavy atom. The van der Waals surface area contributed by atoms with Crippen molar-refractivity contribution in [2.75, 3.05) is 32.7 Å². The maximum absolute atomic E-state index is 11.2. The number of unbranched alkanes of at least 4 members (excludes halogenated alkanes) is 1. The van der Waals surface area contributed by atoms with Gasteiger partial charge in [0.15, 0.2) is 5.96 Å². The maximum Gasteiger partial charge on any atom is 0.220 e. The Hall–Kier alpha value is -2.09. The summed E-state index contributed by atoms with van der Waals surface area (Å²) in [6.45, 7) is 11.5. The van der Waals surface area contributed by atoms with E-state index in [0.29, 0.717) is 6.54 Å². The monoisotopic (exact) mass is 406 g/mol. The number of aryl methyl sites for hydroxylation is 2. The molecule has 1 aliphatic heterocycles. The van der Waals surface area contributed by atoms with E-state index in [-0.39, 0.29) is 11.8 Å². The summed E-state index contributed by atoms with van der Waals surface area (Å²) >= 11 is 0. The number of rotatable bonds is 11. The number of piperidine rings is 1. The molecule has 2 heterocycles. The quantitative estimate of drug-likeness (QED) is 0.294. The highest BCUT2D eigenvalue weighted by Gasteiger charge is 2.22. The van der Waals surface area contributed by atoms with Crippen LogP contribution in [0.15, 0.2) is 9.52 Å². The average Bonchev–Trinajstić information content (AvgIpc) is 3.14. The van der Waals surface area contributed by atoms with Crippen molar-refractivity contribution in [3.63, 3.8) is 0 Å². The lowest BCUT2D eigenvalue weighted by atomic mass is 9.96. The summed E-state index contributed by atoms with van der Waals surface area (Å²) in [5, 5.41) is 10.9. The van der Waals surface area contributed by atoms with Crippen molar-refractivity contribution in [1.82, 2.24) is 20.7 Å². The molecule has 164 valence electrons. The Labute approximate surface area is 174 Å². The number of carbonyl (C=O) groups excluding carboxylic acids is 1. The van der Waals surface area contributed by atoms with Crippen molar-refractivity contribution in [1.29, 1.82) is 0 Å². The number of nitrogens with one attached hydrogen (secondary N) is 2. The van der Waals surface area contributed by atoms with Gasteiger partial charge in [0.1, 0.15) is 5.76 Å². The number of nitrogens with two attached hydrogens (primary N) is 1. The lowest BCUT2D eigenvalue weighted by Gasteiger charge is -2.30. The van der Waals surface area contributed by atoms with Crippen molar-refractivity contribution in [2.45, 2.75) is 65.8 Å². The fraction of sp³-hybridized carbons (Fsp3) is 0.762. The molecule has 0 spiro atoms. The molecule has 0 aromatic carbocycles. The maximum atomic E-state index is 11.2. The summed E-state index contributed by atoms with van der Waals surface area (Å²) in [5.74, 6) is 1.69. The number of guanidine groups is 1. The van der Waals surface area contributed by atoms with E-state index in [4.69, 9.17) is 15.2 Å². The van der Waals surface area contributed by atoms with E-state index in [1.807, 2.05) is 0 Å². The highest BCUT2D eigenvalue weighted by molar-refractivity contribution is 5.79. The Bertz CT molecular complexity index is 628. The predicted octanol–water partition coefficient (Wildman–Crippen LogP) is 1.83. The summed E-state index contributed by atoms with van der Waals surface area (Å²) in [6.07, 6.45) is 5.68. The van der Waals surface area contributed by atoms with Crippen molar-refractivity contribution in [3.05, 3.63) is 17.0 Å².